The monoisotopic (exact) mass is 307 g/mol. The van der Waals surface area contributed by atoms with E-state index in [0.29, 0.717) is 19.6 Å². The van der Waals surface area contributed by atoms with Crippen LogP contribution >= 0.6 is 0 Å². The fourth-order valence-electron chi connectivity index (χ4n) is 2.31. The number of carbonyl (C=O) groups is 1. The SMILES string of the molecule is COC(CN)CC(=O)N1CCCC(CNS(C)(=O)=O)C1. The lowest BCUT2D eigenvalue weighted by Crippen LogP contribution is -2.45. The van der Waals surface area contributed by atoms with Crippen molar-refractivity contribution in [3.63, 3.8) is 0 Å². The first kappa shape index (κ1) is 17.4. The summed E-state index contributed by atoms with van der Waals surface area (Å²) >= 11 is 0. The van der Waals surface area contributed by atoms with Crippen LogP contribution in [0, 0.1) is 5.92 Å². The minimum atomic E-state index is -3.18. The van der Waals surface area contributed by atoms with Crippen molar-refractivity contribution >= 4 is 15.9 Å². The molecule has 1 rings (SSSR count). The Balaban J connectivity index is 2.45. The minimum absolute atomic E-state index is 0.0198. The van der Waals surface area contributed by atoms with E-state index in [2.05, 4.69) is 4.72 Å². The van der Waals surface area contributed by atoms with E-state index in [-0.39, 0.29) is 24.3 Å². The molecule has 7 nitrogen and oxygen atoms in total. The van der Waals surface area contributed by atoms with Crippen molar-refractivity contribution in [2.75, 3.05) is 39.5 Å². The number of nitrogens with two attached hydrogens (primary N) is 1. The van der Waals surface area contributed by atoms with Crippen LogP contribution in [0.5, 0.6) is 0 Å². The van der Waals surface area contributed by atoms with Crippen LogP contribution in [0.2, 0.25) is 0 Å². The topological polar surface area (TPSA) is 102 Å². The van der Waals surface area contributed by atoms with E-state index in [1.54, 1.807) is 12.0 Å². The van der Waals surface area contributed by atoms with Gasteiger partial charge in [0.15, 0.2) is 0 Å². The number of rotatable bonds is 7. The lowest BCUT2D eigenvalue weighted by molar-refractivity contribution is -0.135. The summed E-state index contributed by atoms with van der Waals surface area (Å²) < 4.78 is 29.8. The number of likely N-dealkylation sites (tertiary alicyclic amines) is 1. The average molecular weight is 307 g/mol. The smallest absolute Gasteiger partial charge is 0.225 e. The van der Waals surface area contributed by atoms with Crippen LogP contribution in [0.4, 0.5) is 0 Å². The van der Waals surface area contributed by atoms with Crippen molar-refractivity contribution in [3.8, 4) is 0 Å². The molecule has 0 aromatic carbocycles. The normalized spacial score (nSPS) is 21.8. The zero-order valence-corrected chi connectivity index (χ0v) is 13.0. The van der Waals surface area contributed by atoms with E-state index in [0.717, 1.165) is 25.6 Å². The minimum Gasteiger partial charge on any atom is -0.380 e. The van der Waals surface area contributed by atoms with Gasteiger partial charge in [0.1, 0.15) is 0 Å². The maximum absolute atomic E-state index is 12.1. The van der Waals surface area contributed by atoms with Gasteiger partial charge in [0.25, 0.3) is 0 Å². The number of nitrogens with zero attached hydrogens (tertiary/aromatic N) is 1. The number of carbonyl (C=O) groups excluding carboxylic acids is 1. The molecule has 1 aliphatic heterocycles. The highest BCUT2D eigenvalue weighted by Crippen LogP contribution is 2.17. The molecule has 0 aromatic rings. The number of sulfonamides is 1. The molecule has 0 aliphatic carbocycles. The van der Waals surface area contributed by atoms with Crippen molar-refractivity contribution in [2.24, 2.45) is 11.7 Å². The Morgan fingerprint density at radius 2 is 2.25 bits per heavy atom. The second-order valence-electron chi connectivity index (χ2n) is 5.27. The van der Waals surface area contributed by atoms with E-state index < -0.39 is 10.0 Å². The number of amides is 1. The summed E-state index contributed by atoms with van der Waals surface area (Å²) in [5, 5.41) is 0. The summed E-state index contributed by atoms with van der Waals surface area (Å²) in [7, 11) is -1.64. The average Bonchev–Trinajstić information content (AvgIpc) is 2.42. The Morgan fingerprint density at radius 3 is 2.80 bits per heavy atom. The van der Waals surface area contributed by atoms with Crippen LogP contribution in [0.1, 0.15) is 19.3 Å². The van der Waals surface area contributed by atoms with Gasteiger partial charge in [0.05, 0.1) is 18.8 Å². The van der Waals surface area contributed by atoms with Crippen LogP contribution in [0.25, 0.3) is 0 Å². The maximum Gasteiger partial charge on any atom is 0.225 e. The van der Waals surface area contributed by atoms with Crippen molar-refractivity contribution in [1.29, 1.82) is 0 Å². The predicted molar refractivity (Wildman–Crippen MR) is 76.6 cm³/mol. The molecule has 0 bridgehead atoms. The second kappa shape index (κ2) is 7.92. The molecule has 3 N–H and O–H groups in total. The molecule has 118 valence electrons. The number of hydrogen-bond donors (Lipinski definition) is 2. The molecule has 1 heterocycles. The fourth-order valence-corrected chi connectivity index (χ4v) is 2.85. The van der Waals surface area contributed by atoms with Crippen molar-refractivity contribution in [1.82, 2.24) is 9.62 Å². The predicted octanol–water partition coefficient (Wildman–Crippen LogP) is -0.862. The zero-order valence-electron chi connectivity index (χ0n) is 12.2. The van der Waals surface area contributed by atoms with Gasteiger partial charge in [0, 0.05) is 33.3 Å². The molecular weight excluding hydrogens is 282 g/mol. The lowest BCUT2D eigenvalue weighted by Gasteiger charge is -2.33. The lowest BCUT2D eigenvalue weighted by atomic mass is 9.98. The van der Waals surface area contributed by atoms with Crippen LogP contribution in [-0.4, -0.2) is 64.9 Å². The molecule has 8 heteroatoms. The second-order valence-corrected chi connectivity index (χ2v) is 7.10. The molecule has 1 amide bonds. The number of ether oxygens (including phenoxy) is 1. The Morgan fingerprint density at radius 1 is 1.55 bits per heavy atom. The summed E-state index contributed by atoms with van der Waals surface area (Å²) in [6, 6.07) is 0. The third kappa shape index (κ3) is 6.17. The highest BCUT2D eigenvalue weighted by molar-refractivity contribution is 7.88. The highest BCUT2D eigenvalue weighted by Gasteiger charge is 2.25. The van der Waals surface area contributed by atoms with Crippen LogP contribution in [-0.2, 0) is 19.6 Å². The fraction of sp³-hybridized carbons (Fsp3) is 0.917. The van der Waals surface area contributed by atoms with Gasteiger partial charge in [-0.25, -0.2) is 13.1 Å². The molecule has 20 heavy (non-hydrogen) atoms. The van der Waals surface area contributed by atoms with Crippen LogP contribution in [0.3, 0.4) is 0 Å². The van der Waals surface area contributed by atoms with E-state index in [9.17, 15) is 13.2 Å². The van der Waals surface area contributed by atoms with Crippen molar-refractivity contribution < 1.29 is 17.9 Å². The van der Waals surface area contributed by atoms with Crippen LogP contribution < -0.4 is 10.5 Å². The van der Waals surface area contributed by atoms with Crippen molar-refractivity contribution in [3.05, 3.63) is 0 Å². The molecule has 1 aliphatic rings. The quantitative estimate of drug-likeness (QED) is 0.637. The first-order valence-corrected chi connectivity index (χ1v) is 8.70. The molecule has 1 fully saturated rings. The molecule has 0 aromatic heterocycles. The molecule has 0 radical (unpaired) electrons. The highest BCUT2D eigenvalue weighted by atomic mass is 32.2. The first-order chi connectivity index (χ1) is 9.35. The van der Waals surface area contributed by atoms with Crippen molar-refractivity contribution in [2.45, 2.75) is 25.4 Å². The number of piperidine rings is 1. The molecule has 2 atom stereocenters. The molecule has 0 saturated carbocycles. The Bertz CT molecular complexity index is 409. The van der Waals surface area contributed by atoms with Crippen LogP contribution in [0.15, 0.2) is 0 Å². The van der Waals surface area contributed by atoms with Gasteiger partial charge < -0.3 is 15.4 Å². The number of methoxy groups -OCH3 is 1. The molecule has 1 saturated heterocycles. The zero-order chi connectivity index (χ0) is 15.2. The Kier molecular flexibility index (Phi) is 6.87. The summed E-state index contributed by atoms with van der Waals surface area (Å²) in [5.41, 5.74) is 5.51. The summed E-state index contributed by atoms with van der Waals surface area (Å²) in [6.07, 6.45) is 2.98. The van der Waals surface area contributed by atoms with E-state index in [1.807, 2.05) is 0 Å². The van der Waals surface area contributed by atoms with Gasteiger partial charge >= 0.3 is 0 Å². The standard InChI is InChI=1S/C12H25N3O4S/c1-19-11(7-13)6-12(16)15-5-3-4-10(9-15)8-14-20(2,17)18/h10-11,14H,3-9,13H2,1-2H3. The summed E-state index contributed by atoms with van der Waals surface area (Å²) in [6.45, 7) is 2.00. The van der Waals surface area contributed by atoms with Gasteiger partial charge in [-0.1, -0.05) is 0 Å². The summed E-state index contributed by atoms with van der Waals surface area (Å²) in [5.74, 6) is 0.188. The maximum atomic E-state index is 12.1. The van der Waals surface area contributed by atoms with Gasteiger partial charge in [-0.15, -0.1) is 0 Å². The molecular formula is C12H25N3O4S. The molecule has 2 unspecified atom stereocenters. The largest absolute Gasteiger partial charge is 0.380 e. The molecule has 0 spiro atoms. The Labute approximate surface area is 120 Å². The van der Waals surface area contributed by atoms with Gasteiger partial charge in [-0.2, -0.15) is 0 Å². The van der Waals surface area contributed by atoms with E-state index in [1.165, 1.54) is 0 Å². The van der Waals surface area contributed by atoms with Gasteiger partial charge in [-0.05, 0) is 18.8 Å². The summed E-state index contributed by atoms with van der Waals surface area (Å²) in [4.78, 5) is 13.9. The van der Waals surface area contributed by atoms with Gasteiger partial charge in [-0.3, -0.25) is 4.79 Å². The van der Waals surface area contributed by atoms with E-state index in [4.69, 9.17) is 10.5 Å². The Hall–Kier alpha value is -0.700. The third-order valence-corrected chi connectivity index (χ3v) is 4.20. The van der Waals surface area contributed by atoms with Gasteiger partial charge in [0.2, 0.25) is 15.9 Å². The van der Waals surface area contributed by atoms with E-state index >= 15 is 0 Å². The number of hydrogen-bond acceptors (Lipinski definition) is 5. The first-order valence-electron chi connectivity index (χ1n) is 6.81. The number of nitrogens with one attached hydrogen (secondary N) is 1. The third-order valence-electron chi connectivity index (χ3n) is 3.50.